The summed E-state index contributed by atoms with van der Waals surface area (Å²) in [6.07, 6.45) is -73.4. The molecule has 45 heteroatoms. The predicted molar refractivity (Wildman–Crippen MR) is 312 cm³/mol. The Morgan fingerprint density at radius 2 is 0.723 bits per heavy atom. The Labute approximate surface area is 572 Å². The Hall–Kier alpha value is -3.89. The Morgan fingerprint density at radius 1 is 0.366 bits per heavy atom. The number of carbonyl (C=O) groups is 5. The minimum Gasteiger partial charge on any atom is -0.394 e. The van der Waals surface area contributed by atoms with Crippen molar-refractivity contribution in [3.63, 3.8) is 0 Å². The molecule has 45 nitrogen and oxygen atoms in total. The van der Waals surface area contributed by atoms with Gasteiger partial charge in [0.1, 0.15) is 201 Å². The van der Waals surface area contributed by atoms with Gasteiger partial charge in [-0.05, 0) is 0 Å². The van der Waals surface area contributed by atoms with E-state index in [2.05, 4.69) is 21.3 Å². The van der Waals surface area contributed by atoms with Crippen LogP contribution in [0.4, 0.5) is 0 Å². The van der Waals surface area contributed by atoms with Crippen molar-refractivity contribution in [1.82, 2.24) is 21.3 Å². The van der Waals surface area contributed by atoms with Gasteiger partial charge in [0.25, 0.3) is 0 Å². The number of aliphatic hydroxyl groups excluding tert-OH is 22. The molecule has 0 aromatic heterocycles. The van der Waals surface area contributed by atoms with Crippen LogP contribution in [-0.2, 0) is 90.3 Å². The summed E-state index contributed by atoms with van der Waals surface area (Å²) in [4.78, 5) is 62.1. The standard InChI is InChI=1S/C56H94N4O41/c1-14(69)57-18(5-61)30(74)44(19(73)6-62)96-51-28(59-16(3)71)37(81)46(25(12-68)93-51)98-54-43(87)47(35(79)26(95-54)13-88-55-48(40(84)33(77)22(9-65)91-55)100-50-27(58-15(2)70)36(80)31(75)20(7-63)89-50)99-56-49(41(85)34(78)23(10-66)92-56)101-52-29(60-17(4)72)38(82)45(24(11-67)94-52)97-53-42(86)39(83)32(76)21(8-64)90-53/h5,18-56,62-68,73-87H,6-13H2,1-4H3,(H,57,69)(H,58,70)(H,59,71)(H,60,72)/t18-,19+,20+,21+,22+,23+,24+,25+,26+,27+,28+,29+,30+,31+,32-,33+,34+,35+,36+,37+,38+,39-,40-,41-,42+,43-,44+,45+,46+,47-,48-,49-,50-,51-,52-,53-,54-,55-,56+/m0/s1. The van der Waals surface area contributed by atoms with Gasteiger partial charge >= 0.3 is 0 Å². The quantitative estimate of drug-likeness (QED) is 0.0297. The van der Waals surface area contributed by atoms with Crippen molar-refractivity contribution < 1.29 is 203 Å². The lowest BCUT2D eigenvalue weighted by Gasteiger charge is -2.51. The molecule has 39 atom stereocenters. The average molecular weight is 1480 g/mol. The Balaban J connectivity index is 1.26. The summed E-state index contributed by atoms with van der Waals surface area (Å²) in [5, 5.41) is 252. The number of aldehydes is 1. The van der Waals surface area contributed by atoms with Gasteiger partial charge < -0.3 is 205 Å². The molecule has 7 heterocycles. The van der Waals surface area contributed by atoms with E-state index in [-0.39, 0.29) is 6.29 Å². The second-order valence-corrected chi connectivity index (χ2v) is 25.0. The number of aliphatic hydroxyl groups is 22. The van der Waals surface area contributed by atoms with Gasteiger partial charge in [0.15, 0.2) is 44.0 Å². The maximum absolute atomic E-state index is 12.9. The van der Waals surface area contributed by atoms with Crippen LogP contribution >= 0.6 is 0 Å². The van der Waals surface area contributed by atoms with Crippen molar-refractivity contribution in [3.05, 3.63) is 0 Å². The largest absolute Gasteiger partial charge is 0.394 e. The highest BCUT2D eigenvalue weighted by Gasteiger charge is 2.60. The lowest BCUT2D eigenvalue weighted by Crippen LogP contribution is -2.70. The Bertz CT molecular complexity index is 2620. The van der Waals surface area contributed by atoms with Crippen molar-refractivity contribution in [2.75, 3.05) is 52.9 Å². The van der Waals surface area contributed by atoms with Gasteiger partial charge in [-0.25, -0.2) is 0 Å². The molecule has 0 bridgehead atoms. The number of amides is 4. The molecule has 0 aromatic rings. The van der Waals surface area contributed by atoms with Crippen LogP contribution in [0.15, 0.2) is 0 Å². The second kappa shape index (κ2) is 37.6. The molecular formula is C56H94N4O41. The number of hydrogen-bond donors (Lipinski definition) is 26. The summed E-state index contributed by atoms with van der Waals surface area (Å²) in [5.41, 5.74) is 0. The van der Waals surface area contributed by atoms with Gasteiger partial charge in [0.2, 0.25) is 23.6 Å². The maximum Gasteiger partial charge on any atom is 0.217 e. The lowest BCUT2D eigenvalue weighted by atomic mass is 9.94. The number of rotatable bonds is 30. The van der Waals surface area contributed by atoms with Gasteiger partial charge in [-0.1, -0.05) is 0 Å². The molecule has 4 amide bonds. The van der Waals surface area contributed by atoms with E-state index in [4.69, 9.17) is 66.3 Å². The van der Waals surface area contributed by atoms with Gasteiger partial charge in [-0.2, -0.15) is 0 Å². The fraction of sp³-hybridized carbons (Fsp3) is 0.911. The first-order chi connectivity index (χ1) is 47.7. The van der Waals surface area contributed by atoms with E-state index < -0.39 is 316 Å². The molecule has 0 spiro atoms. The molecule has 0 radical (unpaired) electrons. The lowest BCUT2D eigenvalue weighted by molar-refractivity contribution is -0.398. The van der Waals surface area contributed by atoms with E-state index in [1.54, 1.807) is 0 Å². The van der Waals surface area contributed by atoms with Crippen molar-refractivity contribution in [3.8, 4) is 0 Å². The molecular weight excluding hydrogens is 1380 g/mol. The molecule has 26 N–H and O–H groups in total. The monoisotopic (exact) mass is 1480 g/mol. The van der Waals surface area contributed by atoms with Gasteiger partial charge in [0, 0.05) is 27.7 Å². The van der Waals surface area contributed by atoms with Crippen molar-refractivity contribution in [1.29, 1.82) is 0 Å². The van der Waals surface area contributed by atoms with Crippen LogP contribution in [0.2, 0.25) is 0 Å². The third-order valence-electron chi connectivity index (χ3n) is 17.8. The van der Waals surface area contributed by atoms with Crippen molar-refractivity contribution >= 4 is 29.9 Å². The van der Waals surface area contributed by atoms with Crippen LogP contribution in [0, 0.1) is 0 Å². The van der Waals surface area contributed by atoms with E-state index in [0.29, 0.717) is 0 Å². The van der Waals surface area contributed by atoms with Crippen molar-refractivity contribution in [2.45, 2.75) is 267 Å². The molecule has 7 rings (SSSR count). The molecule has 7 aliphatic rings. The average Bonchev–Trinajstić information content (AvgIpc) is 0.774. The van der Waals surface area contributed by atoms with E-state index in [9.17, 15) is 136 Å². The topological polar surface area (TPSA) is 708 Å². The fourth-order valence-electron chi connectivity index (χ4n) is 12.5. The molecule has 7 aliphatic heterocycles. The molecule has 7 saturated heterocycles. The van der Waals surface area contributed by atoms with E-state index >= 15 is 0 Å². The number of carbonyl (C=O) groups excluding carboxylic acids is 5. The zero-order valence-electron chi connectivity index (χ0n) is 54.3. The number of hydrogen-bond acceptors (Lipinski definition) is 41. The fourth-order valence-corrected chi connectivity index (χ4v) is 12.5. The summed E-state index contributed by atoms with van der Waals surface area (Å²) in [7, 11) is 0. The molecule has 0 aliphatic carbocycles. The van der Waals surface area contributed by atoms with E-state index in [0.717, 1.165) is 27.7 Å². The van der Waals surface area contributed by atoms with E-state index in [1.165, 1.54) is 0 Å². The first-order valence-corrected chi connectivity index (χ1v) is 31.9. The highest BCUT2D eigenvalue weighted by Crippen LogP contribution is 2.38. The van der Waals surface area contributed by atoms with Gasteiger partial charge in [-0.3, -0.25) is 19.2 Å². The predicted octanol–water partition coefficient (Wildman–Crippen LogP) is -18.0. The van der Waals surface area contributed by atoms with Crippen LogP contribution in [0.25, 0.3) is 0 Å². The summed E-state index contributed by atoms with van der Waals surface area (Å²) in [5.74, 6) is -3.62. The Morgan fingerprint density at radius 3 is 1.17 bits per heavy atom. The SMILES string of the molecule is CC(=O)N[C@H]1[C@H](O[C@@H]([C@H](O)[C@H](C=O)NC(C)=O)[C@H](O)CO)O[C@H](CO)[C@@H](O[C@@H]2O[C@H](CO[C@H]3O[C@H](CO)[C@@H](O)[C@H](O)[C@@H]3O[C@@H]3O[C@H](CO)[C@@H](O)[C@H](O)[C@H]3NC(C)=O)[C@@H](O)[C@H](O[C@H]3O[C@H](CO)[C@@H](O)[C@H](O)[C@@H]3O[C@@H]3O[C@H](CO)[C@@H](O[C@@H]4O[C@H](CO)[C@H](O)[C@H](O)[C@H]4O)[C@H](O)[C@H]3NC(C)=O)[C@@H]2O)[C@@H]1O. The third kappa shape index (κ3) is 19.5. The maximum atomic E-state index is 12.9. The highest BCUT2D eigenvalue weighted by atomic mass is 16.8. The van der Waals surface area contributed by atoms with Crippen LogP contribution in [0.3, 0.4) is 0 Å². The normalized spacial score (nSPS) is 45.0. The van der Waals surface area contributed by atoms with Crippen LogP contribution in [0.5, 0.6) is 0 Å². The first-order valence-electron chi connectivity index (χ1n) is 31.9. The Kier molecular flexibility index (Phi) is 31.4. The summed E-state index contributed by atoms with van der Waals surface area (Å²) >= 11 is 0. The first kappa shape index (κ1) is 84.4. The molecule has 101 heavy (non-hydrogen) atoms. The molecule has 584 valence electrons. The summed E-state index contributed by atoms with van der Waals surface area (Å²) < 4.78 is 82.7. The van der Waals surface area contributed by atoms with Crippen LogP contribution < -0.4 is 21.3 Å². The zero-order chi connectivity index (χ0) is 74.9. The molecule has 0 aromatic carbocycles. The number of nitrogens with one attached hydrogen (secondary N) is 4. The molecule has 7 fully saturated rings. The number of ether oxygens (including phenoxy) is 14. The summed E-state index contributed by atoms with van der Waals surface area (Å²) in [6, 6.07) is -7.48. The van der Waals surface area contributed by atoms with Gasteiger partial charge in [0.05, 0.1) is 52.9 Å². The van der Waals surface area contributed by atoms with Crippen LogP contribution in [0.1, 0.15) is 27.7 Å². The highest BCUT2D eigenvalue weighted by molar-refractivity contribution is 5.77. The minimum atomic E-state index is -2.55. The van der Waals surface area contributed by atoms with Crippen molar-refractivity contribution in [2.24, 2.45) is 0 Å². The van der Waals surface area contributed by atoms with E-state index in [1.807, 2.05) is 0 Å². The zero-order valence-corrected chi connectivity index (χ0v) is 54.3. The van der Waals surface area contributed by atoms with Crippen LogP contribution in [-0.4, -0.2) is 434 Å². The molecule has 0 unspecified atom stereocenters. The second-order valence-electron chi connectivity index (χ2n) is 25.0. The third-order valence-corrected chi connectivity index (χ3v) is 17.8. The minimum absolute atomic E-state index is 0.0383. The smallest absolute Gasteiger partial charge is 0.217 e. The van der Waals surface area contributed by atoms with Gasteiger partial charge in [-0.15, -0.1) is 0 Å². The molecule has 0 saturated carbocycles. The summed E-state index contributed by atoms with van der Waals surface area (Å²) in [6.45, 7) is -5.06.